The normalized spacial score (nSPS) is 19.0. The number of benzene rings is 3. The van der Waals surface area contributed by atoms with Gasteiger partial charge in [0, 0.05) is 0 Å². The van der Waals surface area contributed by atoms with E-state index in [0.717, 1.165) is 66.0 Å². The van der Waals surface area contributed by atoms with Crippen LogP contribution >= 0.6 is 7.92 Å². The summed E-state index contributed by atoms with van der Waals surface area (Å²) in [5.41, 5.74) is -5.65. The zero-order valence-corrected chi connectivity index (χ0v) is 44.2. The second-order valence-electron chi connectivity index (χ2n) is 11.4. The van der Waals surface area contributed by atoms with Gasteiger partial charge in [-0.05, 0) is 89.8 Å². The Kier molecular flexibility index (Phi) is 31.9. The number of hydrogen-bond acceptors (Lipinski definition) is 12. The number of alkyl halides is 3. The molecule has 56 heavy (non-hydrogen) atoms. The molecule has 0 radical (unpaired) electrons. The molecule has 3 aromatic rings. The summed E-state index contributed by atoms with van der Waals surface area (Å²) in [5, 5.41) is 0.772. The average molecular weight is 1090 g/mol. The fourth-order valence-corrected chi connectivity index (χ4v) is 9.39. The summed E-state index contributed by atoms with van der Waals surface area (Å²) in [5.74, 6) is 4.68. The van der Waals surface area contributed by atoms with E-state index in [1.807, 2.05) is 0 Å². The van der Waals surface area contributed by atoms with Gasteiger partial charge >= 0.3 is 126 Å². The predicted octanol–water partition coefficient (Wildman–Crippen LogP) is -5.19. The molecule has 1 aliphatic carbocycles. The van der Waals surface area contributed by atoms with Crippen molar-refractivity contribution in [3.63, 3.8) is 0 Å². The van der Waals surface area contributed by atoms with Gasteiger partial charge in [-0.25, -0.2) is 33.7 Å². The maximum absolute atomic E-state index is 11.5. The second kappa shape index (κ2) is 27.1. The molecule has 0 spiro atoms. The number of hydrogen-bond donors (Lipinski definition) is 0. The summed E-state index contributed by atoms with van der Waals surface area (Å²) >= 11 is 0. The largest absolute Gasteiger partial charge is 3.00 e. The molecule has 1 fully saturated rings. The van der Waals surface area contributed by atoms with Crippen LogP contribution in [0.2, 0.25) is 0 Å². The van der Waals surface area contributed by atoms with E-state index >= 15 is 0 Å². The molecule has 298 valence electrons. The Morgan fingerprint density at radius 2 is 0.714 bits per heavy atom. The van der Waals surface area contributed by atoms with Gasteiger partial charge in [-0.15, -0.1) is 0 Å². The molecule has 0 amide bonds. The van der Waals surface area contributed by atoms with Gasteiger partial charge in [0.05, 0.1) is 14.7 Å². The van der Waals surface area contributed by atoms with Gasteiger partial charge in [0.25, 0.3) is 0 Å². The van der Waals surface area contributed by atoms with Crippen LogP contribution in [0.5, 0.6) is 0 Å². The molecule has 0 N–H and O–H groups in total. The van der Waals surface area contributed by atoms with Crippen molar-refractivity contribution in [3.8, 4) is 0 Å². The van der Waals surface area contributed by atoms with E-state index < -0.39 is 68.6 Å². The van der Waals surface area contributed by atoms with Crippen molar-refractivity contribution in [1.82, 2.24) is 0 Å². The molecule has 0 atom stereocenters. The quantitative estimate of drug-likeness (QED) is 0.0562. The van der Waals surface area contributed by atoms with Gasteiger partial charge in [0.15, 0.2) is 10.1 Å². The summed E-state index contributed by atoms with van der Waals surface area (Å²) < 4.78 is 170. The fourth-order valence-electron chi connectivity index (χ4n) is 5.18. The smallest absolute Gasteiger partial charge is 0.358 e. The summed E-state index contributed by atoms with van der Waals surface area (Å²) in [6.45, 7) is 16.5. The predicted molar refractivity (Wildman–Crippen MR) is 181 cm³/mol. The van der Waals surface area contributed by atoms with Gasteiger partial charge in [-0.3, -0.25) is 0 Å². The Labute approximate surface area is 408 Å². The van der Waals surface area contributed by atoms with Crippen LogP contribution in [0, 0.1) is 43.7 Å². The van der Waals surface area contributed by atoms with Crippen molar-refractivity contribution in [1.29, 1.82) is 0 Å². The van der Waals surface area contributed by atoms with Crippen LogP contribution in [-0.2, 0) is 65.2 Å². The third-order valence-corrected chi connectivity index (χ3v) is 14.0. The van der Waals surface area contributed by atoms with E-state index in [0.29, 0.717) is 0 Å². The average Bonchev–Trinajstić information content (AvgIpc) is 3.18. The summed E-state index contributed by atoms with van der Waals surface area (Å²) in [4.78, 5) is -1.63. The number of halogens is 3. The molecule has 0 aliphatic heterocycles. The molecule has 0 heterocycles. The minimum absolute atomic E-state index is 0. The van der Waals surface area contributed by atoms with Crippen molar-refractivity contribution in [2.75, 3.05) is 0 Å². The minimum atomic E-state index is -6.09. The van der Waals surface area contributed by atoms with Gasteiger partial charge in [-0.2, -0.15) is 13.2 Å². The Morgan fingerprint density at radius 3 is 0.857 bits per heavy atom. The van der Waals surface area contributed by atoms with Crippen LogP contribution in [-0.4, -0.2) is 57.4 Å². The zero-order chi connectivity index (χ0) is 39.9. The topological polar surface area (TPSA) is 249 Å². The Morgan fingerprint density at radius 1 is 0.536 bits per heavy atom. The van der Waals surface area contributed by atoms with E-state index in [2.05, 4.69) is 41.3 Å². The number of rotatable bonds is 6. The SMILES string of the molecule is CC1C(C)C(C)C(C)C1C.O=S(=O)([O-])C(F)(F)F.O=S(=O)([O-])c1cccc(P(c2cccc(S(=O)(=O)[O-])c2)c2cccc(S(=O)(=O)[O-])c2)c1.[C-]#[O+].[CH3-].[Ir+3].[Na+].[Na+].[Na+]. The molecule has 13 nitrogen and oxygen atoms in total. The van der Waals surface area contributed by atoms with Crippen LogP contribution < -0.4 is 105 Å². The molecule has 1 aliphatic rings. The molecule has 0 unspecified atom stereocenters. The molecule has 1 saturated carbocycles. The van der Waals surface area contributed by atoms with Crippen molar-refractivity contribution in [2.24, 2.45) is 29.6 Å². The minimum Gasteiger partial charge on any atom is -0.358 e. The first kappa shape index (κ1) is 66.0. The first-order valence-electron chi connectivity index (χ1n) is 14.3. The first-order valence-corrected chi connectivity index (χ1v) is 21.3. The van der Waals surface area contributed by atoms with E-state index in [-0.39, 0.29) is 132 Å². The third kappa shape index (κ3) is 19.7. The monoisotopic (exact) mass is 1090 g/mol. The van der Waals surface area contributed by atoms with Crippen LogP contribution in [0.15, 0.2) is 87.5 Å². The van der Waals surface area contributed by atoms with E-state index in [4.69, 9.17) is 17.6 Å². The van der Waals surface area contributed by atoms with Gasteiger partial charge in [0.2, 0.25) is 0 Å². The molecular formula is C31H35F3IrNa3O13PS4+. The molecule has 0 aromatic heterocycles. The molecule has 3 aromatic carbocycles. The van der Waals surface area contributed by atoms with Crippen molar-refractivity contribution >= 4 is 64.3 Å². The molecule has 4 rings (SSSR count). The van der Waals surface area contributed by atoms with Crippen molar-refractivity contribution < 1.29 is 178 Å². The van der Waals surface area contributed by atoms with Crippen LogP contribution in [0.4, 0.5) is 13.2 Å². The van der Waals surface area contributed by atoms with Crippen molar-refractivity contribution in [3.05, 3.63) is 86.9 Å². The van der Waals surface area contributed by atoms with Crippen molar-refractivity contribution in [2.45, 2.75) is 54.8 Å². The summed E-state index contributed by atoms with van der Waals surface area (Å²) in [7, 11) is -22.4. The first-order chi connectivity index (χ1) is 23.1. The third-order valence-electron chi connectivity index (χ3n) is 8.52. The second-order valence-corrected chi connectivity index (χ2v) is 19.1. The van der Waals surface area contributed by atoms with E-state index in [1.54, 1.807) is 0 Å². The van der Waals surface area contributed by atoms with Crippen LogP contribution in [0.25, 0.3) is 0 Å². The van der Waals surface area contributed by atoms with Gasteiger partial charge in [0.1, 0.15) is 30.4 Å². The maximum atomic E-state index is 11.5. The summed E-state index contributed by atoms with van der Waals surface area (Å²) in [6.07, 6.45) is 0. The van der Waals surface area contributed by atoms with Gasteiger partial charge < -0.3 is 25.6 Å². The zero-order valence-electron chi connectivity index (χ0n) is 31.7. The Hall–Kier alpha value is 0.909. The van der Waals surface area contributed by atoms with E-state index in [1.165, 1.54) is 36.4 Å². The van der Waals surface area contributed by atoms with Crippen LogP contribution in [0.3, 0.4) is 0 Å². The van der Waals surface area contributed by atoms with E-state index in [9.17, 15) is 52.1 Å². The summed E-state index contributed by atoms with van der Waals surface area (Å²) in [6, 6.07) is 14.8. The molecule has 0 saturated heterocycles. The molecule has 25 heteroatoms. The maximum Gasteiger partial charge on any atom is 3.00 e. The standard InChI is InChI=1S/C18H15O9PS3.C10H20.CHF3O3S.CO.CH3.Ir.3Na/c19-29(20,21)16-7-1-4-13(10-16)28(14-5-2-8-17(11-14)30(22,23)24)15-6-3-9-18(12-15)31(25,26)27;1-6-7(2)9(4)10(5)8(6)3;2-1(3,4)8(5,6)7;1-2;;;;;/h1-12H,(H,19,20,21)(H,22,23,24)(H,25,26,27);6-10H,1-5H3;(H,5,6,7);;1H3;;;;/q;;;;-1;+3;3*+1/p-4. The Balaban J connectivity index is -0.000000289. The van der Waals surface area contributed by atoms with Gasteiger partial charge in [-0.1, -0.05) is 71.0 Å². The molecule has 0 bridgehead atoms. The molecular weight excluding hydrogens is 1060 g/mol. The fraction of sp³-hybridized carbons (Fsp3) is 0.355. The van der Waals surface area contributed by atoms with Crippen LogP contribution in [0.1, 0.15) is 34.6 Å². The Bertz CT molecular complexity index is 1920.